The third-order valence-electron chi connectivity index (χ3n) is 2.69. The Morgan fingerprint density at radius 3 is 2.72 bits per heavy atom. The summed E-state index contributed by atoms with van der Waals surface area (Å²) in [6.45, 7) is 0. The van der Waals surface area contributed by atoms with E-state index < -0.39 is 0 Å². The molecule has 5 heteroatoms. The molecule has 3 nitrogen and oxygen atoms in total. The summed E-state index contributed by atoms with van der Waals surface area (Å²) in [5.74, 6) is 0.194. The molecule has 0 aliphatic carbocycles. The van der Waals surface area contributed by atoms with Crippen molar-refractivity contribution in [2.75, 3.05) is 0 Å². The largest absolute Gasteiger partial charge is 0.446 e. The minimum Gasteiger partial charge on any atom is -0.446 e. The minimum atomic E-state index is -0.130. The third kappa shape index (κ3) is 1.93. The van der Waals surface area contributed by atoms with Crippen LogP contribution in [0.25, 0.3) is 10.9 Å². The van der Waals surface area contributed by atoms with Crippen LogP contribution in [0.4, 0.5) is 0 Å². The number of halogens is 2. The van der Waals surface area contributed by atoms with Crippen LogP contribution in [0.15, 0.2) is 50.1 Å². The van der Waals surface area contributed by atoms with Gasteiger partial charge in [0.05, 0.1) is 5.56 Å². The Kier molecular flexibility index (Phi) is 2.87. The lowest BCUT2D eigenvalue weighted by atomic mass is 10.1. The van der Waals surface area contributed by atoms with E-state index in [4.69, 9.17) is 4.42 Å². The standard InChI is InChI=1S/C13H7Br2NO2/c14-7-1-2-8-9(6-16-10(8)5-7)13(17)11-3-4-12(15)18-11/h1-6,16H. The van der Waals surface area contributed by atoms with Crippen LogP contribution in [-0.2, 0) is 0 Å². The molecule has 0 saturated heterocycles. The van der Waals surface area contributed by atoms with Crippen molar-refractivity contribution in [1.82, 2.24) is 4.98 Å². The Bertz CT molecular complexity index is 742. The number of ketones is 1. The second-order valence-electron chi connectivity index (χ2n) is 3.83. The number of H-pyrrole nitrogens is 1. The number of rotatable bonds is 2. The normalized spacial score (nSPS) is 11.0. The molecule has 0 bridgehead atoms. The molecule has 3 aromatic rings. The average molecular weight is 369 g/mol. The fourth-order valence-corrected chi connectivity index (χ4v) is 2.52. The number of furan rings is 1. The smallest absolute Gasteiger partial charge is 0.230 e. The molecule has 0 saturated carbocycles. The van der Waals surface area contributed by atoms with E-state index in [0.29, 0.717) is 16.0 Å². The zero-order chi connectivity index (χ0) is 12.7. The van der Waals surface area contributed by atoms with Crippen LogP contribution in [0.3, 0.4) is 0 Å². The second-order valence-corrected chi connectivity index (χ2v) is 5.52. The first-order valence-electron chi connectivity index (χ1n) is 5.22. The molecule has 0 radical (unpaired) electrons. The van der Waals surface area contributed by atoms with Crippen molar-refractivity contribution in [2.24, 2.45) is 0 Å². The Morgan fingerprint density at radius 1 is 1.17 bits per heavy atom. The van der Waals surface area contributed by atoms with Crippen molar-refractivity contribution in [3.8, 4) is 0 Å². The summed E-state index contributed by atoms with van der Waals surface area (Å²) in [4.78, 5) is 15.4. The van der Waals surface area contributed by atoms with Crippen molar-refractivity contribution in [3.63, 3.8) is 0 Å². The number of aromatic nitrogens is 1. The Morgan fingerprint density at radius 2 is 2.00 bits per heavy atom. The van der Waals surface area contributed by atoms with E-state index in [-0.39, 0.29) is 5.78 Å². The van der Waals surface area contributed by atoms with Gasteiger partial charge in [-0.25, -0.2) is 0 Å². The van der Waals surface area contributed by atoms with Gasteiger partial charge in [-0.1, -0.05) is 22.0 Å². The quantitative estimate of drug-likeness (QED) is 0.676. The minimum absolute atomic E-state index is 0.130. The molecule has 0 atom stereocenters. The molecule has 18 heavy (non-hydrogen) atoms. The summed E-state index contributed by atoms with van der Waals surface area (Å²) in [6, 6.07) is 9.11. The van der Waals surface area contributed by atoms with E-state index in [1.807, 2.05) is 18.2 Å². The van der Waals surface area contributed by atoms with E-state index in [1.54, 1.807) is 18.3 Å². The molecule has 0 amide bonds. The number of benzene rings is 1. The molecule has 0 fully saturated rings. The summed E-state index contributed by atoms with van der Waals surface area (Å²) in [5, 5.41) is 0.885. The molecule has 0 aliphatic rings. The zero-order valence-electron chi connectivity index (χ0n) is 9.04. The Hall–Kier alpha value is -1.33. The molecule has 3 rings (SSSR count). The fourth-order valence-electron chi connectivity index (χ4n) is 1.86. The molecular weight excluding hydrogens is 362 g/mol. The van der Waals surface area contributed by atoms with Crippen molar-refractivity contribution in [2.45, 2.75) is 0 Å². The first-order valence-corrected chi connectivity index (χ1v) is 6.80. The highest BCUT2D eigenvalue weighted by Gasteiger charge is 2.17. The van der Waals surface area contributed by atoms with Crippen molar-refractivity contribution in [3.05, 3.63) is 57.0 Å². The maximum absolute atomic E-state index is 12.3. The molecule has 0 unspecified atom stereocenters. The number of carbonyl (C=O) groups excluding carboxylic acids is 1. The predicted molar refractivity (Wildman–Crippen MR) is 75.8 cm³/mol. The van der Waals surface area contributed by atoms with Gasteiger partial charge < -0.3 is 9.40 Å². The summed E-state index contributed by atoms with van der Waals surface area (Å²) in [7, 11) is 0. The first-order chi connectivity index (χ1) is 8.65. The van der Waals surface area contributed by atoms with E-state index in [9.17, 15) is 4.79 Å². The highest BCUT2D eigenvalue weighted by molar-refractivity contribution is 9.10. The van der Waals surface area contributed by atoms with Crippen LogP contribution < -0.4 is 0 Å². The van der Waals surface area contributed by atoms with Crippen LogP contribution in [0.1, 0.15) is 16.1 Å². The highest BCUT2D eigenvalue weighted by Crippen LogP contribution is 2.25. The van der Waals surface area contributed by atoms with Crippen molar-refractivity contribution < 1.29 is 9.21 Å². The number of carbonyl (C=O) groups is 1. The Balaban J connectivity index is 2.12. The van der Waals surface area contributed by atoms with Crippen LogP contribution in [0, 0.1) is 0 Å². The average Bonchev–Trinajstić information content (AvgIpc) is 2.94. The molecule has 0 spiro atoms. The highest BCUT2D eigenvalue weighted by atomic mass is 79.9. The Labute approximate surface area is 119 Å². The van der Waals surface area contributed by atoms with E-state index in [0.717, 1.165) is 15.4 Å². The summed E-state index contributed by atoms with van der Waals surface area (Å²) in [5.41, 5.74) is 1.53. The zero-order valence-corrected chi connectivity index (χ0v) is 12.2. The molecular formula is C13H7Br2NO2. The SMILES string of the molecule is O=C(c1ccc(Br)o1)c1c[nH]c2cc(Br)ccc12. The second kappa shape index (κ2) is 4.40. The topological polar surface area (TPSA) is 46.0 Å². The van der Waals surface area contributed by atoms with Gasteiger partial charge in [0, 0.05) is 21.6 Å². The summed E-state index contributed by atoms with van der Waals surface area (Å²) in [6.07, 6.45) is 1.70. The summed E-state index contributed by atoms with van der Waals surface area (Å²) >= 11 is 6.59. The molecule has 2 heterocycles. The molecule has 1 N–H and O–H groups in total. The monoisotopic (exact) mass is 367 g/mol. The van der Waals surface area contributed by atoms with Gasteiger partial charge >= 0.3 is 0 Å². The van der Waals surface area contributed by atoms with E-state index >= 15 is 0 Å². The van der Waals surface area contributed by atoms with Gasteiger partial charge in [-0.15, -0.1) is 0 Å². The van der Waals surface area contributed by atoms with Gasteiger partial charge in [0.25, 0.3) is 0 Å². The molecule has 2 aromatic heterocycles. The number of nitrogens with one attached hydrogen (secondary N) is 1. The van der Waals surface area contributed by atoms with Gasteiger partial charge in [0.15, 0.2) is 10.4 Å². The summed E-state index contributed by atoms with van der Waals surface area (Å²) < 4.78 is 6.80. The lowest BCUT2D eigenvalue weighted by Crippen LogP contribution is -1.97. The lowest BCUT2D eigenvalue weighted by Gasteiger charge is -1.96. The number of fused-ring (bicyclic) bond motifs is 1. The van der Waals surface area contributed by atoms with Crippen LogP contribution in [-0.4, -0.2) is 10.8 Å². The van der Waals surface area contributed by atoms with Crippen LogP contribution in [0.5, 0.6) is 0 Å². The van der Waals surface area contributed by atoms with Gasteiger partial charge in [-0.05, 0) is 40.2 Å². The lowest BCUT2D eigenvalue weighted by molar-refractivity contribution is 0.101. The van der Waals surface area contributed by atoms with Crippen molar-refractivity contribution >= 4 is 48.5 Å². The number of hydrogen-bond donors (Lipinski definition) is 1. The third-order valence-corrected chi connectivity index (χ3v) is 3.60. The van der Waals surface area contributed by atoms with E-state index in [1.165, 1.54) is 0 Å². The number of aromatic amines is 1. The number of hydrogen-bond acceptors (Lipinski definition) is 2. The molecule has 1 aromatic carbocycles. The molecule has 90 valence electrons. The van der Waals surface area contributed by atoms with Gasteiger partial charge in [-0.3, -0.25) is 4.79 Å². The fraction of sp³-hybridized carbons (Fsp3) is 0. The van der Waals surface area contributed by atoms with Crippen LogP contribution in [0.2, 0.25) is 0 Å². The van der Waals surface area contributed by atoms with Crippen molar-refractivity contribution in [1.29, 1.82) is 0 Å². The maximum atomic E-state index is 12.3. The van der Waals surface area contributed by atoms with Gasteiger partial charge in [-0.2, -0.15) is 0 Å². The van der Waals surface area contributed by atoms with Gasteiger partial charge in [0.1, 0.15) is 0 Å². The predicted octanol–water partition coefficient (Wildman–Crippen LogP) is 4.52. The first kappa shape index (κ1) is 11.7. The maximum Gasteiger partial charge on any atom is 0.230 e. The molecule has 0 aliphatic heterocycles. The van der Waals surface area contributed by atoms with Gasteiger partial charge in [0.2, 0.25) is 5.78 Å². The van der Waals surface area contributed by atoms with Crippen LogP contribution >= 0.6 is 31.9 Å². The van der Waals surface area contributed by atoms with E-state index in [2.05, 4.69) is 36.8 Å².